The Balaban J connectivity index is 1.36. The first-order valence-corrected chi connectivity index (χ1v) is 12.2. The molecule has 4 heterocycles. The van der Waals surface area contributed by atoms with Gasteiger partial charge in [0.25, 0.3) is 0 Å². The highest BCUT2D eigenvalue weighted by Crippen LogP contribution is 2.30. The van der Waals surface area contributed by atoms with Gasteiger partial charge in [-0.2, -0.15) is 9.61 Å². The van der Waals surface area contributed by atoms with Crippen LogP contribution in [0.1, 0.15) is 35.6 Å². The Kier molecular flexibility index (Phi) is 6.67. The third-order valence-corrected chi connectivity index (χ3v) is 6.57. The zero-order chi connectivity index (χ0) is 23.3. The lowest BCUT2D eigenvalue weighted by Crippen LogP contribution is -2.38. The van der Waals surface area contributed by atoms with Crippen molar-refractivity contribution >= 4 is 39.4 Å². The Bertz CT molecular complexity index is 1310. The number of nitrogens with one attached hydrogen (secondary N) is 1. The van der Waals surface area contributed by atoms with Crippen LogP contribution in [0.2, 0.25) is 0 Å². The van der Waals surface area contributed by atoms with Gasteiger partial charge >= 0.3 is 0 Å². The summed E-state index contributed by atoms with van der Waals surface area (Å²) in [6.07, 6.45) is 10.8. The van der Waals surface area contributed by atoms with E-state index < -0.39 is 0 Å². The summed E-state index contributed by atoms with van der Waals surface area (Å²) in [5.41, 5.74) is 3.83. The van der Waals surface area contributed by atoms with E-state index in [1.165, 1.54) is 0 Å². The fourth-order valence-corrected chi connectivity index (χ4v) is 4.59. The molecule has 0 bridgehead atoms. The van der Waals surface area contributed by atoms with Gasteiger partial charge in [-0.3, -0.25) is 9.78 Å². The van der Waals surface area contributed by atoms with Gasteiger partial charge in [0.1, 0.15) is 5.82 Å². The number of carbonyl (C=O) groups excluding carboxylic acids is 1. The number of rotatable bonds is 6. The molecule has 7 nitrogen and oxygen atoms in total. The lowest BCUT2D eigenvalue weighted by Gasteiger charge is -2.32. The molecule has 1 aliphatic heterocycles. The van der Waals surface area contributed by atoms with Crippen LogP contribution in [0.4, 0.5) is 5.82 Å². The zero-order valence-electron chi connectivity index (χ0n) is 18.6. The van der Waals surface area contributed by atoms with E-state index in [0.717, 1.165) is 52.1 Å². The molecule has 1 atom stereocenters. The number of amides is 1. The first-order chi connectivity index (χ1) is 16.7. The molecule has 0 spiro atoms. The van der Waals surface area contributed by atoms with Crippen molar-refractivity contribution in [3.8, 4) is 0 Å². The highest BCUT2D eigenvalue weighted by molar-refractivity contribution is 9.10. The zero-order valence-corrected chi connectivity index (χ0v) is 20.2. The molecule has 0 aliphatic carbocycles. The van der Waals surface area contributed by atoms with Gasteiger partial charge in [-0.1, -0.05) is 36.4 Å². The molecule has 4 aromatic rings. The van der Waals surface area contributed by atoms with Crippen LogP contribution in [0.25, 0.3) is 11.7 Å². The summed E-state index contributed by atoms with van der Waals surface area (Å²) in [6, 6.07) is 15.9. The number of aromatic nitrogens is 4. The fraction of sp³-hybridized carbons (Fsp3) is 0.231. The molecule has 1 aromatic carbocycles. The van der Waals surface area contributed by atoms with E-state index in [9.17, 15) is 4.79 Å². The summed E-state index contributed by atoms with van der Waals surface area (Å²) in [7, 11) is 0. The van der Waals surface area contributed by atoms with Crippen LogP contribution in [-0.2, 0) is 11.3 Å². The number of piperidine rings is 1. The smallest absolute Gasteiger partial charge is 0.246 e. The molecule has 3 aromatic heterocycles. The molecule has 1 N–H and O–H groups in total. The number of nitrogens with zero attached hydrogens (tertiary/aromatic N) is 5. The van der Waals surface area contributed by atoms with Crippen molar-refractivity contribution in [2.45, 2.75) is 25.3 Å². The standard InChI is InChI=1S/C26H25BrN6O/c27-22-17-30-33-24(29-16-20-8-4-12-28-15-20)14-23(31-26(22)33)21-9-5-13-32(18-21)25(34)11-10-19-6-2-1-3-7-19/h1-4,6-8,10-12,14-15,17,21,29H,5,9,13,16,18H2/b11-10+. The van der Waals surface area contributed by atoms with Crippen molar-refractivity contribution in [3.05, 3.63) is 94.5 Å². The van der Waals surface area contributed by atoms with Crippen molar-refractivity contribution in [3.63, 3.8) is 0 Å². The summed E-state index contributed by atoms with van der Waals surface area (Å²) in [5.74, 6) is 1.06. The molecule has 1 saturated heterocycles. The Morgan fingerprint density at radius 2 is 2.06 bits per heavy atom. The first-order valence-electron chi connectivity index (χ1n) is 11.4. The Hall–Kier alpha value is -3.52. The molecule has 0 saturated carbocycles. The monoisotopic (exact) mass is 516 g/mol. The van der Waals surface area contributed by atoms with Gasteiger partial charge in [-0.15, -0.1) is 0 Å². The van der Waals surface area contributed by atoms with Crippen molar-refractivity contribution in [1.82, 2.24) is 24.5 Å². The van der Waals surface area contributed by atoms with Crippen LogP contribution in [-0.4, -0.2) is 43.5 Å². The molecular formula is C26H25BrN6O. The lowest BCUT2D eigenvalue weighted by atomic mass is 9.94. The quantitative estimate of drug-likeness (QED) is 0.368. The average Bonchev–Trinajstić information content (AvgIpc) is 3.28. The van der Waals surface area contributed by atoms with E-state index in [2.05, 4.69) is 37.4 Å². The molecule has 1 amide bonds. The van der Waals surface area contributed by atoms with E-state index in [1.54, 1.807) is 23.0 Å². The topological polar surface area (TPSA) is 75.4 Å². The van der Waals surface area contributed by atoms with Gasteiger partial charge in [0, 0.05) is 50.1 Å². The number of carbonyl (C=O) groups is 1. The van der Waals surface area contributed by atoms with Gasteiger partial charge < -0.3 is 10.2 Å². The van der Waals surface area contributed by atoms with Crippen molar-refractivity contribution in [2.75, 3.05) is 18.4 Å². The minimum absolute atomic E-state index is 0.0371. The van der Waals surface area contributed by atoms with E-state index >= 15 is 0 Å². The highest BCUT2D eigenvalue weighted by Gasteiger charge is 2.26. The van der Waals surface area contributed by atoms with Crippen molar-refractivity contribution < 1.29 is 4.79 Å². The Morgan fingerprint density at radius 3 is 2.88 bits per heavy atom. The number of halogens is 1. The maximum absolute atomic E-state index is 12.9. The van der Waals surface area contributed by atoms with Crippen LogP contribution in [0, 0.1) is 0 Å². The summed E-state index contributed by atoms with van der Waals surface area (Å²) < 4.78 is 2.64. The number of likely N-dealkylation sites (tertiary alicyclic amines) is 1. The maximum atomic E-state index is 12.9. The predicted molar refractivity (Wildman–Crippen MR) is 136 cm³/mol. The minimum Gasteiger partial charge on any atom is -0.366 e. The summed E-state index contributed by atoms with van der Waals surface area (Å²) in [5, 5.41) is 7.95. The molecule has 5 rings (SSSR count). The summed E-state index contributed by atoms with van der Waals surface area (Å²) in [4.78, 5) is 23.9. The molecule has 34 heavy (non-hydrogen) atoms. The van der Waals surface area contributed by atoms with Crippen LogP contribution < -0.4 is 5.32 Å². The van der Waals surface area contributed by atoms with E-state index in [0.29, 0.717) is 13.1 Å². The molecule has 0 radical (unpaired) electrons. The highest BCUT2D eigenvalue weighted by atomic mass is 79.9. The van der Waals surface area contributed by atoms with Crippen LogP contribution >= 0.6 is 15.9 Å². The van der Waals surface area contributed by atoms with Crippen LogP contribution in [0.3, 0.4) is 0 Å². The number of anilines is 1. The molecule has 1 aliphatic rings. The van der Waals surface area contributed by atoms with E-state index in [4.69, 9.17) is 4.98 Å². The molecule has 1 fully saturated rings. The average molecular weight is 517 g/mol. The van der Waals surface area contributed by atoms with Crippen LogP contribution in [0.15, 0.2) is 77.7 Å². The van der Waals surface area contributed by atoms with Gasteiger partial charge in [-0.25, -0.2) is 4.98 Å². The molecular weight excluding hydrogens is 492 g/mol. The molecule has 1 unspecified atom stereocenters. The second-order valence-electron chi connectivity index (χ2n) is 8.38. The van der Waals surface area contributed by atoms with Gasteiger partial charge in [0.15, 0.2) is 5.65 Å². The van der Waals surface area contributed by atoms with Crippen molar-refractivity contribution in [2.24, 2.45) is 0 Å². The molecule has 172 valence electrons. The number of hydrogen-bond acceptors (Lipinski definition) is 5. The SMILES string of the molecule is O=C(/C=C/c1ccccc1)N1CCCC(c2cc(NCc3cccnc3)n3ncc(Br)c3n2)C1. The van der Waals surface area contributed by atoms with Gasteiger partial charge in [0.2, 0.25) is 5.91 Å². The van der Waals surface area contributed by atoms with E-state index in [-0.39, 0.29) is 11.8 Å². The predicted octanol–water partition coefficient (Wildman–Crippen LogP) is 4.92. The number of benzene rings is 1. The van der Waals surface area contributed by atoms with Gasteiger partial charge in [0.05, 0.1) is 16.4 Å². The lowest BCUT2D eigenvalue weighted by molar-refractivity contribution is -0.127. The second kappa shape index (κ2) is 10.2. The third kappa shape index (κ3) is 5.02. The third-order valence-electron chi connectivity index (χ3n) is 6.01. The summed E-state index contributed by atoms with van der Waals surface area (Å²) >= 11 is 3.58. The van der Waals surface area contributed by atoms with Crippen molar-refractivity contribution in [1.29, 1.82) is 0 Å². The number of fused-ring (bicyclic) bond motifs is 1. The second-order valence-corrected chi connectivity index (χ2v) is 9.23. The fourth-order valence-electron chi connectivity index (χ4n) is 4.24. The Labute approximate surface area is 206 Å². The molecule has 8 heteroatoms. The van der Waals surface area contributed by atoms with E-state index in [1.807, 2.05) is 59.6 Å². The maximum Gasteiger partial charge on any atom is 0.246 e. The first kappa shape index (κ1) is 22.3. The minimum atomic E-state index is 0.0371. The Morgan fingerprint density at radius 1 is 1.18 bits per heavy atom. The normalized spacial score (nSPS) is 16.3. The van der Waals surface area contributed by atoms with Crippen LogP contribution in [0.5, 0.6) is 0 Å². The number of hydrogen-bond donors (Lipinski definition) is 1. The summed E-state index contributed by atoms with van der Waals surface area (Å²) in [6.45, 7) is 2.04. The number of pyridine rings is 1. The van der Waals surface area contributed by atoms with Gasteiger partial charge in [-0.05, 0) is 52.0 Å². The largest absolute Gasteiger partial charge is 0.366 e.